The van der Waals surface area contributed by atoms with Crippen LogP contribution in [-0.2, 0) is 6.54 Å². The summed E-state index contributed by atoms with van der Waals surface area (Å²) in [5.74, 6) is 2.29. The van der Waals surface area contributed by atoms with Crippen LogP contribution in [0.4, 0.5) is 5.69 Å². The number of piperidine rings is 1. The predicted molar refractivity (Wildman–Crippen MR) is 98.4 cm³/mol. The number of nitrogens with one attached hydrogen (secondary N) is 1. The number of benzene rings is 1. The van der Waals surface area contributed by atoms with E-state index in [1.165, 1.54) is 0 Å². The SMILES string of the molecule is CC1CCN(C(=O)c2ccc(NCc3ccc4c(c3)OCO4)cn2)CC1. The second kappa shape index (κ2) is 7.23. The van der Waals surface area contributed by atoms with Crippen LogP contribution in [0.1, 0.15) is 35.8 Å². The Labute approximate surface area is 153 Å². The lowest BCUT2D eigenvalue weighted by Gasteiger charge is -2.30. The smallest absolute Gasteiger partial charge is 0.272 e. The highest BCUT2D eigenvalue weighted by atomic mass is 16.7. The van der Waals surface area contributed by atoms with Crippen LogP contribution in [0.2, 0.25) is 0 Å². The third-order valence-electron chi connectivity index (χ3n) is 4.99. The molecule has 3 heterocycles. The molecule has 0 spiro atoms. The number of pyridine rings is 1. The number of carbonyl (C=O) groups excluding carboxylic acids is 1. The maximum Gasteiger partial charge on any atom is 0.272 e. The fraction of sp³-hybridized carbons (Fsp3) is 0.400. The van der Waals surface area contributed by atoms with Gasteiger partial charge in [0.05, 0.1) is 11.9 Å². The van der Waals surface area contributed by atoms with Gasteiger partial charge >= 0.3 is 0 Å². The standard InChI is InChI=1S/C20H23N3O3/c1-14-6-8-23(9-7-14)20(24)17-4-3-16(12-22-17)21-11-15-2-5-18-19(10-15)26-13-25-18/h2-5,10,12,14,21H,6-9,11,13H2,1H3. The fourth-order valence-corrected chi connectivity index (χ4v) is 3.25. The maximum atomic E-state index is 12.5. The second-order valence-electron chi connectivity index (χ2n) is 6.95. The van der Waals surface area contributed by atoms with E-state index in [0.29, 0.717) is 18.2 Å². The van der Waals surface area contributed by atoms with Crippen LogP contribution in [0.3, 0.4) is 0 Å². The molecule has 0 aliphatic carbocycles. The van der Waals surface area contributed by atoms with Gasteiger partial charge in [0.1, 0.15) is 5.69 Å². The molecule has 4 rings (SSSR count). The summed E-state index contributed by atoms with van der Waals surface area (Å²) in [4.78, 5) is 18.8. The Morgan fingerprint density at radius 1 is 1.19 bits per heavy atom. The van der Waals surface area contributed by atoms with E-state index in [-0.39, 0.29) is 12.7 Å². The average Bonchev–Trinajstić information content (AvgIpc) is 3.15. The molecule has 2 aliphatic heterocycles. The quantitative estimate of drug-likeness (QED) is 0.914. The Hall–Kier alpha value is -2.76. The first-order chi connectivity index (χ1) is 12.7. The van der Waals surface area contributed by atoms with Crippen molar-refractivity contribution < 1.29 is 14.3 Å². The van der Waals surface area contributed by atoms with E-state index in [1.54, 1.807) is 12.3 Å². The van der Waals surface area contributed by atoms with Gasteiger partial charge in [-0.25, -0.2) is 4.98 Å². The summed E-state index contributed by atoms with van der Waals surface area (Å²) in [6.07, 6.45) is 3.86. The van der Waals surface area contributed by atoms with Crippen molar-refractivity contribution in [2.45, 2.75) is 26.3 Å². The molecule has 0 unspecified atom stereocenters. The third-order valence-corrected chi connectivity index (χ3v) is 4.99. The highest BCUT2D eigenvalue weighted by molar-refractivity contribution is 5.92. The molecular formula is C20H23N3O3. The van der Waals surface area contributed by atoms with Crippen LogP contribution in [0, 0.1) is 5.92 Å². The fourth-order valence-electron chi connectivity index (χ4n) is 3.25. The molecule has 0 atom stereocenters. The first kappa shape index (κ1) is 16.7. The molecule has 2 aromatic rings. The van der Waals surface area contributed by atoms with Crippen LogP contribution in [0.5, 0.6) is 11.5 Å². The molecule has 1 aromatic carbocycles. The Kier molecular flexibility index (Phi) is 4.65. The van der Waals surface area contributed by atoms with E-state index in [0.717, 1.165) is 48.7 Å². The summed E-state index contributed by atoms with van der Waals surface area (Å²) in [7, 11) is 0. The molecule has 1 aromatic heterocycles. The summed E-state index contributed by atoms with van der Waals surface area (Å²) in [5.41, 5.74) is 2.48. The average molecular weight is 353 g/mol. The number of anilines is 1. The number of hydrogen-bond donors (Lipinski definition) is 1. The molecule has 1 N–H and O–H groups in total. The summed E-state index contributed by atoms with van der Waals surface area (Å²) in [6, 6.07) is 9.59. The minimum atomic E-state index is 0.0271. The van der Waals surface area contributed by atoms with Crippen molar-refractivity contribution in [3.05, 3.63) is 47.8 Å². The molecule has 136 valence electrons. The van der Waals surface area contributed by atoms with Crippen molar-refractivity contribution in [2.75, 3.05) is 25.2 Å². The molecule has 2 aliphatic rings. The van der Waals surface area contributed by atoms with Crippen LogP contribution >= 0.6 is 0 Å². The second-order valence-corrected chi connectivity index (χ2v) is 6.95. The van der Waals surface area contributed by atoms with Gasteiger partial charge in [0.25, 0.3) is 5.91 Å². The highest BCUT2D eigenvalue weighted by Crippen LogP contribution is 2.32. The molecule has 0 saturated carbocycles. The van der Waals surface area contributed by atoms with Crippen LogP contribution in [0.15, 0.2) is 36.5 Å². The van der Waals surface area contributed by atoms with E-state index in [4.69, 9.17) is 9.47 Å². The molecule has 6 nitrogen and oxygen atoms in total. The molecule has 1 amide bonds. The Morgan fingerprint density at radius 2 is 2.00 bits per heavy atom. The normalized spacial score (nSPS) is 16.6. The maximum absolute atomic E-state index is 12.5. The third kappa shape index (κ3) is 3.59. The van der Waals surface area contributed by atoms with Crippen molar-refractivity contribution in [1.82, 2.24) is 9.88 Å². The molecular weight excluding hydrogens is 330 g/mol. The number of fused-ring (bicyclic) bond motifs is 1. The number of aromatic nitrogens is 1. The van der Waals surface area contributed by atoms with Gasteiger partial charge in [0.15, 0.2) is 11.5 Å². The molecule has 26 heavy (non-hydrogen) atoms. The van der Waals surface area contributed by atoms with E-state index in [9.17, 15) is 4.79 Å². The first-order valence-corrected chi connectivity index (χ1v) is 9.07. The topological polar surface area (TPSA) is 63.7 Å². The van der Waals surface area contributed by atoms with Gasteiger partial charge in [-0.2, -0.15) is 0 Å². The Bertz CT molecular complexity index is 783. The Morgan fingerprint density at radius 3 is 2.77 bits per heavy atom. The molecule has 1 saturated heterocycles. The number of hydrogen-bond acceptors (Lipinski definition) is 5. The number of rotatable bonds is 4. The number of likely N-dealkylation sites (tertiary alicyclic amines) is 1. The largest absolute Gasteiger partial charge is 0.454 e. The first-order valence-electron chi connectivity index (χ1n) is 9.07. The van der Waals surface area contributed by atoms with Crippen molar-refractivity contribution in [1.29, 1.82) is 0 Å². The zero-order valence-electron chi connectivity index (χ0n) is 14.9. The van der Waals surface area contributed by atoms with Gasteiger partial charge in [-0.1, -0.05) is 13.0 Å². The Balaban J connectivity index is 1.35. The van der Waals surface area contributed by atoms with E-state index in [1.807, 2.05) is 29.2 Å². The summed E-state index contributed by atoms with van der Waals surface area (Å²) >= 11 is 0. The predicted octanol–water partition coefficient (Wildman–Crippen LogP) is 3.29. The van der Waals surface area contributed by atoms with Gasteiger partial charge < -0.3 is 19.7 Å². The van der Waals surface area contributed by atoms with Crippen molar-refractivity contribution in [2.24, 2.45) is 5.92 Å². The van der Waals surface area contributed by atoms with Crippen molar-refractivity contribution >= 4 is 11.6 Å². The molecule has 0 bridgehead atoms. The van der Waals surface area contributed by atoms with Crippen molar-refractivity contribution in [3.63, 3.8) is 0 Å². The van der Waals surface area contributed by atoms with Crippen LogP contribution in [-0.4, -0.2) is 35.7 Å². The number of carbonyl (C=O) groups is 1. The van der Waals surface area contributed by atoms with Gasteiger partial charge in [0, 0.05) is 19.6 Å². The lowest BCUT2D eigenvalue weighted by atomic mass is 9.99. The van der Waals surface area contributed by atoms with E-state index >= 15 is 0 Å². The summed E-state index contributed by atoms with van der Waals surface area (Å²) in [5, 5.41) is 3.32. The summed E-state index contributed by atoms with van der Waals surface area (Å²) in [6.45, 7) is 4.81. The monoisotopic (exact) mass is 353 g/mol. The van der Waals surface area contributed by atoms with Gasteiger partial charge in [-0.3, -0.25) is 4.79 Å². The highest BCUT2D eigenvalue weighted by Gasteiger charge is 2.22. The minimum Gasteiger partial charge on any atom is -0.454 e. The zero-order chi connectivity index (χ0) is 17.9. The lowest BCUT2D eigenvalue weighted by molar-refractivity contribution is 0.0691. The van der Waals surface area contributed by atoms with Crippen LogP contribution in [0.25, 0.3) is 0 Å². The number of ether oxygens (including phenoxy) is 2. The van der Waals surface area contributed by atoms with Crippen LogP contribution < -0.4 is 14.8 Å². The number of nitrogens with zero attached hydrogens (tertiary/aromatic N) is 2. The zero-order valence-corrected chi connectivity index (χ0v) is 14.9. The molecule has 6 heteroatoms. The minimum absolute atomic E-state index is 0.0271. The van der Waals surface area contributed by atoms with E-state index < -0.39 is 0 Å². The van der Waals surface area contributed by atoms with E-state index in [2.05, 4.69) is 17.2 Å². The molecule has 0 radical (unpaired) electrons. The van der Waals surface area contributed by atoms with Gasteiger partial charge in [-0.05, 0) is 48.6 Å². The number of amides is 1. The van der Waals surface area contributed by atoms with Crippen molar-refractivity contribution in [3.8, 4) is 11.5 Å². The van der Waals surface area contributed by atoms with Gasteiger partial charge in [0.2, 0.25) is 6.79 Å². The summed E-state index contributed by atoms with van der Waals surface area (Å²) < 4.78 is 10.7. The van der Waals surface area contributed by atoms with Gasteiger partial charge in [-0.15, -0.1) is 0 Å². The molecule has 1 fully saturated rings. The lowest BCUT2D eigenvalue weighted by Crippen LogP contribution is -2.38.